The Labute approximate surface area is 129 Å². The molecule has 22 heavy (non-hydrogen) atoms. The maximum absolute atomic E-state index is 12.9. The molecule has 1 aromatic heterocycles. The Balaban J connectivity index is 1.60. The SMILES string of the molecule is O=C(CCN1CCCCC1)c1ccc(-c2ccc(F)cc2)o1. The van der Waals surface area contributed by atoms with Crippen molar-refractivity contribution < 1.29 is 13.6 Å². The maximum Gasteiger partial charge on any atom is 0.199 e. The third-order valence-corrected chi connectivity index (χ3v) is 4.11. The summed E-state index contributed by atoms with van der Waals surface area (Å²) in [5.41, 5.74) is 0.775. The molecular weight excluding hydrogens is 281 g/mol. The zero-order valence-electron chi connectivity index (χ0n) is 12.6. The quantitative estimate of drug-likeness (QED) is 0.778. The number of hydrogen-bond acceptors (Lipinski definition) is 3. The summed E-state index contributed by atoms with van der Waals surface area (Å²) in [5, 5.41) is 0. The smallest absolute Gasteiger partial charge is 0.199 e. The largest absolute Gasteiger partial charge is 0.453 e. The molecule has 0 aliphatic carbocycles. The highest BCUT2D eigenvalue weighted by Gasteiger charge is 2.15. The number of Topliss-reactive ketones (excluding diaryl/α,β-unsaturated/α-hetero) is 1. The highest BCUT2D eigenvalue weighted by molar-refractivity contribution is 5.94. The number of hydrogen-bond donors (Lipinski definition) is 0. The van der Waals surface area contributed by atoms with E-state index < -0.39 is 0 Å². The lowest BCUT2D eigenvalue weighted by Crippen LogP contribution is -2.31. The van der Waals surface area contributed by atoms with Crippen molar-refractivity contribution in [2.75, 3.05) is 19.6 Å². The predicted molar refractivity (Wildman–Crippen MR) is 83.3 cm³/mol. The zero-order chi connectivity index (χ0) is 15.4. The van der Waals surface area contributed by atoms with Crippen molar-refractivity contribution in [1.82, 2.24) is 4.90 Å². The van der Waals surface area contributed by atoms with Crippen LogP contribution in [0.15, 0.2) is 40.8 Å². The van der Waals surface area contributed by atoms with E-state index in [0.29, 0.717) is 17.9 Å². The van der Waals surface area contributed by atoms with Gasteiger partial charge in [0, 0.05) is 18.5 Å². The number of rotatable bonds is 5. The molecule has 0 spiro atoms. The number of halogens is 1. The molecule has 0 saturated carbocycles. The molecular formula is C18H20FNO2. The Morgan fingerprint density at radius 1 is 1.05 bits per heavy atom. The van der Waals surface area contributed by atoms with E-state index in [9.17, 15) is 9.18 Å². The second-order valence-corrected chi connectivity index (χ2v) is 5.75. The fourth-order valence-electron chi connectivity index (χ4n) is 2.82. The van der Waals surface area contributed by atoms with Crippen LogP contribution >= 0.6 is 0 Å². The van der Waals surface area contributed by atoms with E-state index in [-0.39, 0.29) is 11.6 Å². The van der Waals surface area contributed by atoms with Crippen LogP contribution in [0.3, 0.4) is 0 Å². The molecule has 3 nitrogen and oxygen atoms in total. The van der Waals surface area contributed by atoms with Crippen LogP contribution in [-0.4, -0.2) is 30.3 Å². The van der Waals surface area contributed by atoms with Crippen LogP contribution in [0.2, 0.25) is 0 Å². The van der Waals surface area contributed by atoms with Gasteiger partial charge in [-0.3, -0.25) is 4.79 Å². The summed E-state index contributed by atoms with van der Waals surface area (Å²) in [5.74, 6) is 0.727. The number of ketones is 1. The first kappa shape index (κ1) is 15.0. The lowest BCUT2D eigenvalue weighted by atomic mass is 10.1. The van der Waals surface area contributed by atoms with Gasteiger partial charge in [0.05, 0.1) is 0 Å². The highest BCUT2D eigenvalue weighted by Crippen LogP contribution is 2.23. The molecule has 0 unspecified atom stereocenters. The molecule has 0 radical (unpaired) electrons. The summed E-state index contributed by atoms with van der Waals surface area (Å²) in [7, 11) is 0. The molecule has 2 heterocycles. The number of piperidine rings is 1. The predicted octanol–water partition coefficient (Wildman–Crippen LogP) is 4.14. The summed E-state index contributed by atoms with van der Waals surface area (Å²) in [6.45, 7) is 2.98. The van der Waals surface area contributed by atoms with Crippen LogP contribution in [0.25, 0.3) is 11.3 Å². The lowest BCUT2D eigenvalue weighted by molar-refractivity contribution is 0.0932. The van der Waals surface area contributed by atoms with E-state index in [1.165, 1.54) is 31.4 Å². The monoisotopic (exact) mass is 301 g/mol. The van der Waals surface area contributed by atoms with Gasteiger partial charge in [0.15, 0.2) is 11.5 Å². The Morgan fingerprint density at radius 3 is 2.50 bits per heavy atom. The van der Waals surface area contributed by atoms with Gasteiger partial charge >= 0.3 is 0 Å². The van der Waals surface area contributed by atoms with E-state index in [4.69, 9.17) is 4.42 Å². The molecule has 0 amide bonds. The van der Waals surface area contributed by atoms with Crippen LogP contribution in [0.4, 0.5) is 4.39 Å². The van der Waals surface area contributed by atoms with E-state index in [1.807, 2.05) is 0 Å². The molecule has 0 atom stereocenters. The van der Waals surface area contributed by atoms with Crippen molar-refractivity contribution in [1.29, 1.82) is 0 Å². The Morgan fingerprint density at radius 2 is 1.77 bits per heavy atom. The van der Waals surface area contributed by atoms with Gasteiger partial charge in [0.2, 0.25) is 0 Å². The van der Waals surface area contributed by atoms with Gasteiger partial charge in [-0.15, -0.1) is 0 Å². The molecule has 1 aliphatic heterocycles. The summed E-state index contributed by atoms with van der Waals surface area (Å²) < 4.78 is 18.5. The number of likely N-dealkylation sites (tertiary alicyclic amines) is 1. The van der Waals surface area contributed by atoms with E-state index in [1.54, 1.807) is 24.3 Å². The number of carbonyl (C=O) groups is 1. The van der Waals surface area contributed by atoms with E-state index in [0.717, 1.165) is 25.2 Å². The standard InChI is InChI=1S/C18H20FNO2/c19-15-6-4-14(5-7-15)17-8-9-18(22-17)16(21)10-13-20-11-2-1-3-12-20/h4-9H,1-3,10-13H2. The first-order valence-electron chi connectivity index (χ1n) is 7.84. The van der Waals surface area contributed by atoms with Crippen molar-refractivity contribution in [3.8, 4) is 11.3 Å². The second-order valence-electron chi connectivity index (χ2n) is 5.75. The molecule has 2 aromatic rings. The minimum absolute atomic E-state index is 0.0268. The van der Waals surface area contributed by atoms with Crippen molar-refractivity contribution in [2.45, 2.75) is 25.7 Å². The molecule has 0 bridgehead atoms. The molecule has 1 aromatic carbocycles. The molecule has 116 valence electrons. The summed E-state index contributed by atoms with van der Waals surface area (Å²) in [4.78, 5) is 14.5. The normalized spacial score (nSPS) is 15.9. The second kappa shape index (κ2) is 6.88. The molecule has 1 fully saturated rings. The molecule has 0 N–H and O–H groups in total. The summed E-state index contributed by atoms with van der Waals surface area (Å²) in [6, 6.07) is 9.54. The molecule has 4 heteroatoms. The van der Waals surface area contributed by atoms with Crippen molar-refractivity contribution in [3.05, 3.63) is 48.0 Å². The lowest BCUT2D eigenvalue weighted by Gasteiger charge is -2.25. The van der Waals surface area contributed by atoms with Gasteiger partial charge in [-0.1, -0.05) is 6.42 Å². The number of carbonyl (C=O) groups excluding carboxylic acids is 1. The topological polar surface area (TPSA) is 33.5 Å². The maximum atomic E-state index is 12.9. The Hall–Kier alpha value is -1.94. The fourth-order valence-corrected chi connectivity index (χ4v) is 2.82. The third kappa shape index (κ3) is 3.63. The van der Waals surface area contributed by atoms with Crippen LogP contribution in [0, 0.1) is 5.82 Å². The zero-order valence-corrected chi connectivity index (χ0v) is 12.6. The third-order valence-electron chi connectivity index (χ3n) is 4.11. The average Bonchev–Trinajstić information content (AvgIpc) is 3.04. The highest BCUT2D eigenvalue weighted by atomic mass is 19.1. The van der Waals surface area contributed by atoms with Crippen LogP contribution in [-0.2, 0) is 0 Å². The van der Waals surface area contributed by atoms with Gasteiger partial charge in [0.1, 0.15) is 11.6 Å². The van der Waals surface area contributed by atoms with Crippen LogP contribution in [0.1, 0.15) is 36.2 Å². The van der Waals surface area contributed by atoms with Gasteiger partial charge in [-0.05, 0) is 62.3 Å². The summed E-state index contributed by atoms with van der Waals surface area (Å²) in [6.07, 6.45) is 4.23. The summed E-state index contributed by atoms with van der Waals surface area (Å²) >= 11 is 0. The Bertz CT molecular complexity index is 627. The van der Waals surface area contributed by atoms with Crippen LogP contribution in [0.5, 0.6) is 0 Å². The van der Waals surface area contributed by atoms with Gasteiger partial charge in [0.25, 0.3) is 0 Å². The van der Waals surface area contributed by atoms with Crippen molar-refractivity contribution in [3.63, 3.8) is 0 Å². The van der Waals surface area contributed by atoms with Gasteiger partial charge in [-0.25, -0.2) is 4.39 Å². The first-order chi connectivity index (χ1) is 10.7. The van der Waals surface area contributed by atoms with Crippen molar-refractivity contribution in [2.24, 2.45) is 0 Å². The minimum atomic E-state index is -0.284. The van der Waals surface area contributed by atoms with E-state index in [2.05, 4.69) is 4.90 Å². The molecule has 1 saturated heterocycles. The van der Waals surface area contributed by atoms with Crippen LogP contribution < -0.4 is 0 Å². The average molecular weight is 301 g/mol. The molecule has 1 aliphatic rings. The number of furan rings is 1. The van der Waals surface area contributed by atoms with Gasteiger partial charge < -0.3 is 9.32 Å². The van der Waals surface area contributed by atoms with Gasteiger partial charge in [-0.2, -0.15) is 0 Å². The number of benzene rings is 1. The first-order valence-corrected chi connectivity index (χ1v) is 7.84. The number of nitrogens with zero attached hydrogens (tertiary/aromatic N) is 1. The van der Waals surface area contributed by atoms with Crippen molar-refractivity contribution >= 4 is 5.78 Å². The van der Waals surface area contributed by atoms with E-state index >= 15 is 0 Å². The fraction of sp³-hybridized carbons (Fsp3) is 0.389. The minimum Gasteiger partial charge on any atom is -0.453 e. The Kier molecular flexibility index (Phi) is 4.68. The molecule has 3 rings (SSSR count).